The van der Waals surface area contributed by atoms with Crippen molar-refractivity contribution in [2.75, 3.05) is 17.0 Å². The predicted molar refractivity (Wildman–Crippen MR) is 77.6 cm³/mol. The molecule has 1 aliphatic rings. The second-order valence-electron chi connectivity index (χ2n) is 4.88. The van der Waals surface area contributed by atoms with Crippen LogP contribution < -0.4 is 10.0 Å². The first-order valence-electron chi connectivity index (χ1n) is 6.27. The number of halogens is 4. The smallest absolute Gasteiger partial charge is 0.313 e. The quantitative estimate of drug-likeness (QED) is 0.789. The summed E-state index contributed by atoms with van der Waals surface area (Å²) in [7, 11) is -3.68. The Labute approximate surface area is 129 Å². The van der Waals surface area contributed by atoms with Gasteiger partial charge in [-0.3, -0.25) is 4.72 Å². The Hall–Kier alpha value is -0.800. The minimum atomic E-state index is -4.53. The third-order valence-electron chi connectivity index (χ3n) is 2.88. The van der Waals surface area contributed by atoms with Gasteiger partial charge in [-0.25, -0.2) is 8.42 Å². The summed E-state index contributed by atoms with van der Waals surface area (Å²) < 4.78 is 64.0. The largest absolute Gasteiger partial charge is 0.416 e. The summed E-state index contributed by atoms with van der Waals surface area (Å²) in [4.78, 5) is 0. The number of rotatable bonds is 6. The van der Waals surface area contributed by atoms with E-state index in [0.717, 1.165) is 25.0 Å². The average molecular weight is 387 g/mol. The van der Waals surface area contributed by atoms with Crippen molar-refractivity contribution in [1.82, 2.24) is 5.32 Å². The Kier molecular flexibility index (Phi) is 4.84. The topological polar surface area (TPSA) is 58.2 Å². The fourth-order valence-electron chi connectivity index (χ4n) is 1.73. The van der Waals surface area contributed by atoms with Crippen LogP contribution in [0.25, 0.3) is 0 Å². The second kappa shape index (κ2) is 6.13. The maximum Gasteiger partial charge on any atom is 0.416 e. The van der Waals surface area contributed by atoms with Crippen molar-refractivity contribution in [2.45, 2.75) is 25.1 Å². The highest BCUT2D eigenvalue weighted by Crippen LogP contribution is 2.33. The molecule has 118 valence electrons. The molecule has 2 N–H and O–H groups in total. The van der Waals surface area contributed by atoms with Gasteiger partial charge in [-0.15, -0.1) is 0 Å². The third-order valence-corrected chi connectivity index (χ3v) is 4.63. The van der Waals surface area contributed by atoms with Crippen LogP contribution in [0.4, 0.5) is 18.9 Å². The number of hydrogen-bond donors (Lipinski definition) is 2. The zero-order valence-electron chi connectivity index (χ0n) is 10.9. The molecule has 0 saturated heterocycles. The van der Waals surface area contributed by atoms with Gasteiger partial charge in [0, 0.05) is 17.1 Å². The van der Waals surface area contributed by atoms with E-state index < -0.39 is 21.8 Å². The lowest BCUT2D eigenvalue weighted by Crippen LogP contribution is -2.28. The average Bonchev–Trinajstić information content (AvgIpc) is 3.10. The Morgan fingerprint density at radius 1 is 1.24 bits per heavy atom. The van der Waals surface area contributed by atoms with Crippen LogP contribution in [0.3, 0.4) is 0 Å². The Bertz CT molecular complexity index is 615. The third kappa shape index (κ3) is 5.48. The lowest BCUT2D eigenvalue weighted by Gasteiger charge is -2.12. The van der Waals surface area contributed by atoms with Gasteiger partial charge in [-0.2, -0.15) is 13.2 Å². The highest BCUT2D eigenvalue weighted by atomic mass is 79.9. The van der Waals surface area contributed by atoms with E-state index in [0.29, 0.717) is 6.04 Å². The van der Waals surface area contributed by atoms with Crippen LogP contribution in [0.15, 0.2) is 22.7 Å². The molecular formula is C12H14BrF3N2O2S. The molecule has 1 aliphatic carbocycles. The van der Waals surface area contributed by atoms with Gasteiger partial charge < -0.3 is 5.32 Å². The van der Waals surface area contributed by atoms with Crippen LogP contribution in [-0.4, -0.2) is 26.8 Å². The first-order valence-corrected chi connectivity index (χ1v) is 8.72. The van der Waals surface area contributed by atoms with E-state index in [9.17, 15) is 21.6 Å². The summed E-state index contributed by atoms with van der Waals surface area (Å²) in [5.74, 6) is -0.183. The summed E-state index contributed by atoms with van der Waals surface area (Å²) >= 11 is 2.95. The van der Waals surface area contributed by atoms with Crippen LogP contribution in [0.2, 0.25) is 0 Å². The maximum atomic E-state index is 12.7. The maximum absolute atomic E-state index is 12.7. The molecule has 1 fully saturated rings. The zero-order chi connectivity index (χ0) is 15.7. The Morgan fingerprint density at radius 2 is 1.90 bits per heavy atom. The predicted octanol–water partition coefficient (Wildman–Crippen LogP) is 2.96. The van der Waals surface area contributed by atoms with Gasteiger partial charge in [0.25, 0.3) is 0 Å². The van der Waals surface area contributed by atoms with E-state index in [1.807, 2.05) is 0 Å². The van der Waals surface area contributed by atoms with E-state index in [4.69, 9.17) is 0 Å². The molecule has 0 bridgehead atoms. The lowest BCUT2D eigenvalue weighted by molar-refractivity contribution is -0.137. The molecule has 0 atom stereocenters. The normalized spacial score (nSPS) is 16.0. The van der Waals surface area contributed by atoms with Crippen molar-refractivity contribution in [3.63, 3.8) is 0 Å². The number of anilines is 1. The Balaban J connectivity index is 2.05. The number of nitrogens with one attached hydrogen (secondary N) is 2. The molecule has 0 aliphatic heterocycles. The molecule has 2 rings (SSSR count). The SMILES string of the molecule is O=S(=O)(CCNC1CC1)Nc1cc(Br)cc(C(F)(F)F)c1. The minimum absolute atomic E-state index is 0.108. The number of sulfonamides is 1. The van der Waals surface area contributed by atoms with Gasteiger partial charge >= 0.3 is 6.18 Å². The van der Waals surface area contributed by atoms with Crippen molar-refractivity contribution >= 4 is 31.6 Å². The summed E-state index contributed by atoms with van der Waals surface area (Å²) in [6.45, 7) is 0.278. The minimum Gasteiger partial charge on any atom is -0.313 e. The van der Waals surface area contributed by atoms with Crippen molar-refractivity contribution in [1.29, 1.82) is 0 Å². The summed E-state index contributed by atoms with van der Waals surface area (Å²) in [6.07, 6.45) is -2.46. The highest BCUT2D eigenvalue weighted by Gasteiger charge is 2.31. The van der Waals surface area contributed by atoms with Gasteiger partial charge in [0.1, 0.15) is 0 Å². The summed E-state index contributed by atoms with van der Waals surface area (Å²) in [6, 6.07) is 3.34. The first kappa shape index (κ1) is 16.6. The van der Waals surface area contributed by atoms with Gasteiger partial charge in [0.05, 0.1) is 17.0 Å². The van der Waals surface area contributed by atoms with Gasteiger partial charge in [0.15, 0.2) is 0 Å². The van der Waals surface area contributed by atoms with E-state index in [-0.39, 0.29) is 22.5 Å². The molecule has 1 aromatic carbocycles. The molecule has 9 heteroatoms. The van der Waals surface area contributed by atoms with Gasteiger partial charge in [-0.1, -0.05) is 15.9 Å². The number of alkyl halides is 3. The highest BCUT2D eigenvalue weighted by molar-refractivity contribution is 9.10. The number of benzene rings is 1. The van der Waals surface area contributed by atoms with Crippen molar-refractivity contribution in [2.24, 2.45) is 0 Å². The van der Waals surface area contributed by atoms with Crippen molar-refractivity contribution < 1.29 is 21.6 Å². The zero-order valence-corrected chi connectivity index (χ0v) is 13.3. The first-order chi connectivity index (χ1) is 9.66. The van der Waals surface area contributed by atoms with E-state index in [1.165, 1.54) is 6.07 Å². The molecule has 1 aromatic rings. The van der Waals surface area contributed by atoms with Crippen LogP contribution in [0.1, 0.15) is 18.4 Å². The molecule has 0 spiro atoms. The Morgan fingerprint density at radius 3 is 2.48 bits per heavy atom. The van der Waals surface area contributed by atoms with Gasteiger partial charge in [-0.05, 0) is 31.0 Å². The fourth-order valence-corrected chi connectivity index (χ4v) is 3.19. The number of hydrogen-bond acceptors (Lipinski definition) is 3. The molecule has 0 heterocycles. The van der Waals surface area contributed by atoms with E-state index >= 15 is 0 Å². The molecule has 0 aromatic heterocycles. The van der Waals surface area contributed by atoms with Crippen LogP contribution >= 0.6 is 15.9 Å². The van der Waals surface area contributed by atoms with Gasteiger partial charge in [0.2, 0.25) is 10.0 Å². The summed E-state index contributed by atoms with van der Waals surface area (Å²) in [5, 5.41) is 3.04. The fraction of sp³-hybridized carbons (Fsp3) is 0.500. The van der Waals surface area contributed by atoms with Crippen LogP contribution in [0.5, 0.6) is 0 Å². The molecular weight excluding hydrogens is 373 g/mol. The molecule has 21 heavy (non-hydrogen) atoms. The molecule has 1 saturated carbocycles. The van der Waals surface area contributed by atoms with E-state index in [1.54, 1.807) is 0 Å². The van der Waals surface area contributed by atoms with E-state index in [2.05, 4.69) is 26.0 Å². The molecule has 0 radical (unpaired) electrons. The van der Waals surface area contributed by atoms with Crippen LogP contribution in [0, 0.1) is 0 Å². The molecule has 0 unspecified atom stereocenters. The lowest BCUT2D eigenvalue weighted by atomic mass is 10.2. The molecule has 4 nitrogen and oxygen atoms in total. The monoisotopic (exact) mass is 386 g/mol. The van der Waals surface area contributed by atoms with Crippen LogP contribution in [-0.2, 0) is 16.2 Å². The van der Waals surface area contributed by atoms with Crippen molar-refractivity contribution in [3.05, 3.63) is 28.2 Å². The summed E-state index contributed by atoms with van der Waals surface area (Å²) in [5.41, 5.74) is -1.02. The van der Waals surface area contributed by atoms with Crippen molar-refractivity contribution in [3.8, 4) is 0 Å². The molecule has 0 amide bonds. The second-order valence-corrected chi connectivity index (χ2v) is 7.63. The standard InChI is InChI=1S/C12H14BrF3N2O2S/c13-9-5-8(12(14,15)16)6-11(7-9)18-21(19,20)4-3-17-10-1-2-10/h5-7,10,17-18H,1-4H2.